The van der Waals surface area contributed by atoms with Gasteiger partial charge in [-0.25, -0.2) is 4.68 Å². The Bertz CT molecular complexity index is 998. The highest BCUT2D eigenvalue weighted by atomic mass is 16.1. The van der Waals surface area contributed by atoms with E-state index in [2.05, 4.69) is 46.6 Å². The molecule has 1 aliphatic heterocycles. The summed E-state index contributed by atoms with van der Waals surface area (Å²) in [5.74, 6) is 1.24. The molecular formula is C20H21N5O. The number of nitrogens with one attached hydrogen (secondary N) is 2. The van der Waals surface area contributed by atoms with Crippen LogP contribution in [0.25, 0.3) is 5.69 Å². The molecule has 6 heteroatoms. The molecular weight excluding hydrogens is 326 g/mol. The molecule has 6 nitrogen and oxygen atoms in total. The summed E-state index contributed by atoms with van der Waals surface area (Å²) < 4.78 is 1.91. The number of aromatic nitrogens is 4. The van der Waals surface area contributed by atoms with Crippen molar-refractivity contribution < 1.29 is 4.79 Å². The van der Waals surface area contributed by atoms with Crippen molar-refractivity contribution in [1.29, 1.82) is 0 Å². The third-order valence-corrected chi connectivity index (χ3v) is 5.40. The van der Waals surface area contributed by atoms with Crippen LogP contribution < -0.4 is 5.32 Å². The van der Waals surface area contributed by atoms with E-state index in [4.69, 9.17) is 0 Å². The van der Waals surface area contributed by atoms with E-state index < -0.39 is 0 Å². The normalized spacial score (nSPS) is 19.3. The third-order valence-electron chi connectivity index (χ3n) is 5.40. The molecule has 0 saturated heterocycles. The standard InChI is InChI=1S/C20H21N5O/c1-11-8-12(2)19(25-7-3-6-21-25)15(9-11)14-10-16(26)22-20-17(14)18(23-24-20)13-4-5-13/h3,6-9,13-14H,4-5,10H2,1-2H3,(H2,22,23,24,26)/t14-/m1/s1. The molecule has 3 aromatic rings. The summed E-state index contributed by atoms with van der Waals surface area (Å²) in [5.41, 5.74) is 6.91. The van der Waals surface area contributed by atoms with Crippen LogP contribution in [0.1, 0.15) is 59.0 Å². The Kier molecular flexibility index (Phi) is 3.29. The van der Waals surface area contributed by atoms with Crippen LogP contribution in [-0.2, 0) is 4.79 Å². The van der Waals surface area contributed by atoms with Crippen molar-refractivity contribution in [3.8, 4) is 5.69 Å². The lowest BCUT2D eigenvalue weighted by Crippen LogP contribution is -2.25. The maximum Gasteiger partial charge on any atom is 0.226 e. The maximum atomic E-state index is 12.4. The van der Waals surface area contributed by atoms with Crippen LogP contribution in [0.5, 0.6) is 0 Å². The number of benzene rings is 1. The number of aromatic amines is 1. The van der Waals surface area contributed by atoms with Gasteiger partial charge in [0.15, 0.2) is 5.82 Å². The molecule has 5 rings (SSSR count). The topological polar surface area (TPSA) is 75.6 Å². The second-order valence-electron chi connectivity index (χ2n) is 7.45. The number of anilines is 1. The minimum Gasteiger partial charge on any atom is -0.309 e. The molecule has 1 aliphatic carbocycles. The summed E-state index contributed by atoms with van der Waals surface area (Å²) in [6.45, 7) is 4.21. The Hall–Kier alpha value is -2.89. The van der Waals surface area contributed by atoms with Crippen LogP contribution in [0.4, 0.5) is 5.82 Å². The first-order valence-corrected chi connectivity index (χ1v) is 9.11. The van der Waals surface area contributed by atoms with Crippen LogP contribution in [0.15, 0.2) is 30.6 Å². The van der Waals surface area contributed by atoms with E-state index in [0.29, 0.717) is 18.2 Å². The van der Waals surface area contributed by atoms with Crippen molar-refractivity contribution in [2.75, 3.05) is 5.32 Å². The zero-order valence-corrected chi connectivity index (χ0v) is 14.9. The number of carbonyl (C=O) groups is 1. The van der Waals surface area contributed by atoms with Gasteiger partial charge < -0.3 is 5.32 Å². The molecule has 1 aromatic carbocycles. The maximum absolute atomic E-state index is 12.4. The Morgan fingerprint density at radius 3 is 2.81 bits per heavy atom. The summed E-state index contributed by atoms with van der Waals surface area (Å²) in [5, 5.41) is 15.0. The Balaban J connectivity index is 1.74. The van der Waals surface area contributed by atoms with Gasteiger partial charge in [-0.2, -0.15) is 10.2 Å². The quantitative estimate of drug-likeness (QED) is 0.760. The highest BCUT2D eigenvalue weighted by Gasteiger charge is 2.38. The number of nitrogens with zero attached hydrogens (tertiary/aromatic N) is 3. The first kappa shape index (κ1) is 15.4. The van der Waals surface area contributed by atoms with E-state index in [1.165, 1.54) is 24.1 Å². The molecule has 0 bridgehead atoms. The van der Waals surface area contributed by atoms with E-state index in [0.717, 1.165) is 22.4 Å². The lowest BCUT2D eigenvalue weighted by Gasteiger charge is -2.26. The summed E-state index contributed by atoms with van der Waals surface area (Å²) in [6.07, 6.45) is 6.56. The van der Waals surface area contributed by atoms with Crippen molar-refractivity contribution in [1.82, 2.24) is 20.0 Å². The molecule has 2 aromatic heterocycles. The smallest absolute Gasteiger partial charge is 0.226 e. The lowest BCUT2D eigenvalue weighted by molar-refractivity contribution is -0.116. The van der Waals surface area contributed by atoms with Crippen molar-refractivity contribution in [3.63, 3.8) is 0 Å². The average molecular weight is 347 g/mol. The third kappa shape index (κ3) is 2.36. The molecule has 1 fully saturated rings. The number of carbonyl (C=O) groups excluding carboxylic acids is 1. The summed E-state index contributed by atoms with van der Waals surface area (Å²) >= 11 is 0. The van der Waals surface area contributed by atoms with E-state index in [-0.39, 0.29) is 11.8 Å². The summed E-state index contributed by atoms with van der Waals surface area (Å²) in [4.78, 5) is 12.4. The SMILES string of the molecule is Cc1cc(C)c(-n2cccn2)c([C@H]2CC(=O)Nc3n[nH]c(C4CC4)c32)c1. The lowest BCUT2D eigenvalue weighted by atomic mass is 9.82. The molecule has 26 heavy (non-hydrogen) atoms. The Morgan fingerprint density at radius 1 is 1.23 bits per heavy atom. The highest BCUT2D eigenvalue weighted by Crippen LogP contribution is 2.48. The van der Waals surface area contributed by atoms with Gasteiger partial charge in [-0.3, -0.25) is 9.89 Å². The summed E-state index contributed by atoms with van der Waals surface area (Å²) in [7, 11) is 0. The van der Waals surface area contributed by atoms with Crippen molar-refractivity contribution in [2.24, 2.45) is 0 Å². The van der Waals surface area contributed by atoms with Crippen LogP contribution in [0.3, 0.4) is 0 Å². The first-order chi connectivity index (χ1) is 12.6. The van der Waals surface area contributed by atoms with Crippen molar-refractivity contribution in [3.05, 3.63) is 58.5 Å². The Labute approximate surface area is 151 Å². The fourth-order valence-electron chi connectivity index (χ4n) is 4.20. The van der Waals surface area contributed by atoms with Gasteiger partial charge in [0.2, 0.25) is 5.91 Å². The van der Waals surface area contributed by atoms with Crippen molar-refractivity contribution >= 4 is 11.7 Å². The van der Waals surface area contributed by atoms with Crippen molar-refractivity contribution in [2.45, 2.75) is 44.9 Å². The van der Waals surface area contributed by atoms with Crippen LogP contribution >= 0.6 is 0 Å². The van der Waals surface area contributed by atoms with Crippen LogP contribution in [0, 0.1) is 13.8 Å². The highest BCUT2D eigenvalue weighted by molar-refractivity contribution is 5.94. The number of rotatable bonds is 3. The first-order valence-electron chi connectivity index (χ1n) is 9.11. The predicted octanol–water partition coefficient (Wildman–Crippen LogP) is 3.56. The second kappa shape index (κ2) is 5.56. The molecule has 0 unspecified atom stereocenters. The van der Waals surface area contributed by atoms with Crippen LogP contribution in [-0.4, -0.2) is 25.9 Å². The fraction of sp³-hybridized carbons (Fsp3) is 0.350. The second-order valence-corrected chi connectivity index (χ2v) is 7.45. The van der Waals surface area contributed by atoms with Gasteiger partial charge in [0.1, 0.15) is 0 Å². The van der Waals surface area contributed by atoms with Gasteiger partial charge >= 0.3 is 0 Å². The minimum atomic E-state index is -0.00843. The fourth-order valence-corrected chi connectivity index (χ4v) is 4.20. The van der Waals surface area contributed by atoms with E-state index in [1.54, 1.807) is 6.20 Å². The number of hydrogen-bond acceptors (Lipinski definition) is 3. The van der Waals surface area contributed by atoms with Gasteiger partial charge in [0.05, 0.1) is 5.69 Å². The largest absolute Gasteiger partial charge is 0.309 e. The summed E-state index contributed by atoms with van der Waals surface area (Å²) in [6, 6.07) is 6.29. The molecule has 3 heterocycles. The average Bonchev–Trinajstić information content (AvgIpc) is 3.13. The molecule has 2 aliphatic rings. The molecule has 1 amide bonds. The van der Waals surface area contributed by atoms with Gasteiger partial charge in [-0.15, -0.1) is 0 Å². The van der Waals surface area contributed by atoms with Gasteiger partial charge in [-0.05, 0) is 43.9 Å². The molecule has 2 N–H and O–H groups in total. The molecule has 0 spiro atoms. The molecule has 132 valence electrons. The number of hydrogen-bond donors (Lipinski definition) is 2. The number of aryl methyl sites for hydroxylation is 2. The molecule has 1 saturated carbocycles. The van der Waals surface area contributed by atoms with E-state index in [9.17, 15) is 4.79 Å². The Morgan fingerprint density at radius 2 is 2.08 bits per heavy atom. The van der Waals surface area contributed by atoms with E-state index >= 15 is 0 Å². The zero-order valence-electron chi connectivity index (χ0n) is 14.9. The number of amides is 1. The van der Waals surface area contributed by atoms with E-state index in [1.807, 2.05) is 16.9 Å². The monoisotopic (exact) mass is 347 g/mol. The molecule has 1 atom stereocenters. The number of fused-ring (bicyclic) bond motifs is 1. The van der Waals surface area contributed by atoms with Crippen LogP contribution in [0.2, 0.25) is 0 Å². The molecule has 0 radical (unpaired) electrons. The minimum absolute atomic E-state index is 0.00843. The zero-order chi connectivity index (χ0) is 17.8. The van der Waals surface area contributed by atoms with Gasteiger partial charge in [0, 0.05) is 41.9 Å². The van der Waals surface area contributed by atoms with Gasteiger partial charge in [-0.1, -0.05) is 17.7 Å². The predicted molar refractivity (Wildman–Crippen MR) is 98.7 cm³/mol. The number of H-pyrrole nitrogens is 1. The van der Waals surface area contributed by atoms with Gasteiger partial charge in [0.25, 0.3) is 0 Å².